The molecular formula is C27H28N4O5. The fourth-order valence-electron chi connectivity index (χ4n) is 4.32. The quantitative estimate of drug-likeness (QED) is 0.371. The summed E-state index contributed by atoms with van der Waals surface area (Å²) in [5.41, 5.74) is 3.06. The zero-order valence-corrected chi connectivity index (χ0v) is 20.6. The molecule has 9 nitrogen and oxygen atoms in total. The lowest BCUT2D eigenvalue weighted by molar-refractivity contribution is 0.0749. The zero-order valence-electron chi connectivity index (χ0n) is 20.6. The van der Waals surface area contributed by atoms with Crippen molar-refractivity contribution >= 4 is 16.9 Å². The Morgan fingerprint density at radius 3 is 2.72 bits per heavy atom. The van der Waals surface area contributed by atoms with Gasteiger partial charge in [-0.2, -0.15) is 5.10 Å². The van der Waals surface area contributed by atoms with E-state index in [1.165, 1.54) is 0 Å². The maximum absolute atomic E-state index is 13.4. The molecule has 9 heteroatoms. The summed E-state index contributed by atoms with van der Waals surface area (Å²) in [7, 11) is 3.24. The molecule has 0 saturated carbocycles. The lowest BCUT2D eigenvalue weighted by Gasteiger charge is -2.25. The molecule has 1 aliphatic heterocycles. The van der Waals surface area contributed by atoms with Crippen LogP contribution in [0.15, 0.2) is 54.9 Å². The number of rotatable bonds is 8. The van der Waals surface area contributed by atoms with Gasteiger partial charge < -0.3 is 23.8 Å². The second-order valence-electron chi connectivity index (χ2n) is 8.38. The van der Waals surface area contributed by atoms with Gasteiger partial charge in [-0.1, -0.05) is 12.1 Å². The van der Waals surface area contributed by atoms with Crippen LogP contribution in [0.5, 0.6) is 23.0 Å². The molecule has 0 spiro atoms. The SMILES string of the molecule is CCN(Cc1cccc2c1OCCO2)C(=O)c1cnc2c(cnn2Cc2ccc(OC)cc2OC)c1. The number of hydrogen-bond acceptors (Lipinski definition) is 7. The van der Waals surface area contributed by atoms with E-state index in [2.05, 4.69) is 10.1 Å². The Hall–Kier alpha value is -4.27. The fraction of sp³-hybridized carbons (Fsp3) is 0.296. The van der Waals surface area contributed by atoms with Crippen LogP contribution in [0.1, 0.15) is 28.4 Å². The van der Waals surface area contributed by atoms with Crippen molar-refractivity contribution in [3.8, 4) is 23.0 Å². The van der Waals surface area contributed by atoms with E-state index in [0.29, 0.717) is 61.3 Å². The molecule has 186 valence electrons. The highest BCUT2D eigenvalue weighted by Gasteiger charge is 2.21. The number of methoxy groups -OCH3 is 2. The minimum absolute atomic E-state index is 0.106. The first-order valence-corrected chi connectivity index (χ1v) is 11.8. The largest absolute Gasteiger partial charge is 0.497 e. The molecule has 1 aliphatic rings. The first-order valence-electron chi connectivity index (χ1n) is 11.8. The Bertz CT molecular complexity index is 1400. The lowest BCUT2D eigenvalue weighted by atomic mass is 10.1. The number of carbonyl (C=O) groups excluding carboxylic acids is 1. The van der Waals surface area contributed by atoms with Gasteiger partial charge >= 0.3 is 0 Å². The van der Waals surface area contributed by atoms with Crippen molar-refractivity contribution in [1.82, 2.24) is 19.7 Å². The Balaban J connectivity index is 1.37. The molecule has 2 aromatic carbocycles. The topological polar surface area (TPSA) is 87.9 Å². The van der Waals surface area contributed by atoms with Gasteiger partial charge in [0.05, 0.1) is 32.5 Å². The number of fused-ring (bicyclic) bond motifs is 2. The molecule has 0 atom stereocenters. The van der Waals surface area contributed by atoms with Crippen molar-refractivity contribution < 1.29 is 23.7 Å². The number of amides is 1. The lowest BCUT2D eigenvalue weighted by Crippen LogP contribution is -2.31. The third-order valence-electron chi connectivity index (χ3n) is 6.22. The van der Waals surface area contributed by atoms with E-state index >= 15 is 0 Å². The molecule has 0 N–H and O–H groups in total. The summed E-state index contributed by atoms with van der Waals surface area (Å²) in [5, 5.41) is 5.29. The van der Waals surface area contributed by atoms with Crippen molar-refractivity contribution in [3.63, 3.8) is 0 Å². The van der Waals surface area contributed by atoms with Gasteiger partial charge in [0, 0.05) is 41.9 Å². The molecular weight excluding hydrogens is 460 g/mol. The van der Waals surface area contributed by atoms with Gasteiger partial charge in [-0.05, 0) is 31.2 Å². The molecule has 5 rings (SSSR count). The standard InChI is InChI=1S/C27H28N4O5/c1-4-30(16-19-6-5-7-23-25(19)36-11-10-35-23)27(32)21-12-20-15-29-31(26(20)28-14-21)17-18-8-9-22(33-2)13-24(18)34-3/h5-9,12-15H,4,10-11,16-17H2,1-3H3. The number of pyridine rings is 1. The average Bonchev–Trinajstić information content (AvgIpc) is 3.33. The predicted octanol–water partition coefficient (Wildman–Crippen LogP) is 3.93. The van der Waals surface area contributed by atoms with E-state index in [4.69, 9.17) is 18.9 Å². The van der Waals surface area contributed by atoms with Gasteiger partial charge in [0.2, 0.25) is 0 Å². The third-order valence-corrected chi connectivity index (χ3v) is 6.22. The first-order chi connectivity index (χ1) is 17.6. The highest BCUT2D eigenvalue weighted by molar-refractivity contribution is 5.96. The second-order valence-corrected chi connectivity index (χ2v) is 8.38. The number of carbonyl (C=O) groups is 1. The van der Waals surface area contributed by atoms with Crippen LogP contribution in [0.3, 0.4) is 0 Å². The van der Waals surface area contributed by atoms with E-state index in [9.17, 15) is 4.79 Å². The smallest absolute Gasteiger partial charge is 0.255 e. The highest BCUT2D eigenvalue weighted by Crippen LogP contribution is 2.34. The Morgan fingerprint density at radius 2 is 1.92 bits per heavy atom. The van der Waals surface area contributed by atoms with Crippen molar-refractivity contribution in [2.45, 2.75) is 20.0 Å². The molecule has 3 heterocycles. The molecule has 36 heavy (non-hydrogen) atoms. The summed E-state index contributed by atoms with van der Waals surface area (Å²) in [4.78, 5) is 19.7. The van der Waals surface area contributed by atoms with Crippen LogP contribution in [-0.4, -0.2) is 59.5 Å². The molecule has 0 radical (unpaired) electrons. The normalized spacial score (nSPS) is 12.4. The molecule has 0 aliphatic carbocycles. The number of benzene rings is 2. The molecule has 0 saturated heterocycles. The number of ether oxygens (including phenoxy) is 4. The van der Waals surface area contributed by atoms with Crippen LogP contribution < -0.4 is 18.9 Å². The van der Waals surface area contributed by atoms with E-state index in [1.54, 1.807) is 36.2 Å². The third kappa shape index (κ3) is 4.51. The molecule has 4 aromatic rings. The molecule has 0 fully saturated rings. The van der Waals surface area contributed by atoms with Crippen molar-refractivity contribution in [3.05, 3.63) is 71.5 Å². The van der Waals surface area contributed by atoms with Gasteiger partial charge in [-0.15, -0.1) is 0 Å². The minimum Gasteiger partial charge on any atom is -0.497 e. The first kappa shape index (κ1) is 23.5. The van der Waals surface area contributed by atoms with Crippen LogP contribution in [0.4, 0.5) is 0 Å². The fourth-order valence-corrected chi connectivity index (χ4v) is 4.32. The van der Waals surface area contributed by atoms with Crippen LogP contribution in [-0.2, 0) is 13.1 Å². The van der Waals surface area contributed by atoms with E-state index in [-0.39, 0.29) is 5.91 Å². The Kier molecular flexibility index (Phi) is 6.62. The maximum Gasteiger partial charge on any atom is 0.255 e. The van der Waals surface area contributed by atoms with Crippen molar-refractivity contribution in [1.29, 1.82) is 0 Å². The van der Waals surface area contributed by atoms with Crippen LogP contribution in [0.2, 0.25) is 0 Å². The zero-order chi connectivity index (χ0) is 25.1. The van der Waals surface area contributed by atoms with Crippen LogP contribution >= 0.6 is 0 Å². The van der Waals surface area contributed by atoms with Crippen LogP contribution in [0.25, 0.3) is 11.0 Å². The van der Waals surface area contributed by atoms with Gasteiger partial charge in [-0.3, -0.25) is 4.79 Å². The summed E-state index contributed by atoms with van der Waals surface area (Å²) in [6, 6.07) is 13.3. The maximum atomic E-state index is 13.4. The summed E-state index contributed by atoms with van der Waals surface area (Å²) in [5.74, 6) is 2.74. The Morgan fingerprint density at radius 1 is 1.06 bits per heavy atom. The molecule has 0 bridgehead atoms. The molecule has 2 aromatic heterocycles. The van der Waals surface area contributed by atoms with Crippen molar-refractivity contribution in [2.24, 2.45) is 0 Å². The van der Waals surface area contributed by atoms with Crippen molar-refractivity contribution in [2.75, 3.05) is 34.0 Å². The monoisotopic (exact) mass is 488 g/mol. The van der Waals surface area contributed by atoms with E-state index in [0.717, 1.165) is 22.3 Å². The second kappa shape index (κ2) is 10.2. The van der Waals surface area contributed by atoms with Gasteiger partial charge in [0.25, 0.3) is 5.91 Å². The van der Waals surface area contributed by atoms with Gasteiger partial charge in [0.1, 0.15) is 24.7 Å². The van der Waals surface area contributed by atoms with Gasteiger partial charge in [-0.25, -0.2) is 9.67 Å². The number of nitrogens with zero attached hydrogens (tertiary/aromatic N) is 4. The summed E-state index contributed by atoms with van der Waals surface area (Å²) in [6.07, 6.45) is 3.33. The molecule has 1 amide bonds. The Labute approximate surface area is 209 Å². The predicted molar refractivity (Wildman–Crippen MR) is 134 cm³/mol. The summed E-state index contributed by atoms with van der Waals surface area (Å²) >= 11 is 0. The minimum atomic E-state index is -0.106. The number of hydrogen-bond donors (Lipinski definition) is 0. The van der Waals surface area contributed by atoms with E-state index in [1.807, 2.05) is 49.4 Å². The van der Waals surface area contributed by atoms with Gasteiger partial charge in [0.15, 0.2) is 17.1 Å². The van der Waals surface area contributed by atoms with E-state index < -0.39 is 0 Å². The number of aromatic nitrogens is 3. The number of para-hydroxylation sites is 1. The van der Waals surface area contributed by atoms with Crippen LogP contribution in [0, 0.1) is 0 Å². The summed E-state index contributed by atoms with van der Waals surface area (Å²) < 4.78 is 24.1. The highest BCUT2D eigenvalue weighted by atomic mass is 16.6. The molecule has 0 unspecified atom stereocenters. The average molecular weight is 489 g/mol. The summed E-state index contributed by atoms with van der Waals surface area (Å²) in [6.45, 7) is 4.40.